The Kier molecular flexibility index (Phi) is 6.43. The maximum atomic E-state index is 13.0. The Labute approximate surface area is 203 Å². The first-order chi connectivity index (χ1) is 16.5. The number of nitrogens with one attached hydrogen (secondary N) is 3. The highest BCUT2D eigenvalue weighted by molar-refractivity contribution is 6.30. The number of benzene rings is 2. The molecule has 2 aromatic carbocycles. The Hall–Kier alpha value is -3.10. The number of hydrogen-bond acceptors (Lipinski definition) is 4. The third kappa shape index (κ3) is 4.74. The molecule has 0 spiro atoms. The second-order valence-electron chi connectivity index (χ2n) is 9.12. The largest absolute Gasteiger partial charge is 0.353 e. The lowest BCUT2D eigenvalue weighted by molar-refractivity contribution is -0.129. The summed E-state index contributed by atoms with van der Waals surface area (Å²) in [6.07, 6.45) is 2.51. The minimum Gasteiger partial charge on any atom is -0.353 e. The number of carbonyl (C=O) groups is 3. The number of nitrogens with zero attached hydrogens (tertiary/aromatic N) is 2. The number of fused-ring (bicyclic) bond motifs is 2. The SMILES string of the molecule is O=C(Nc1cccc(Cl)c1)N[C@H]1C[C@H]2C(=O)NC[C@@H](CCC(=O)N3CCc4ccccc43)N2C1. The molecule has 0 unspecified atom stereocenters. The number of para-hydroxylation sites is 1. The van der Waals surface area contributed by atoms with E-state index in [1.54, 1.807) is 24.3 Å². The number of carbonyl (C=O) groups excluding carboxylic acids is 3. The number of piperazine rings is 1. The quantitative estimate of drug-likeness (QED) is 0.612. The first-order valence-electron chi connectivity index (χ1n) is 11.7. The van der Waals surface area contributed by atoms with Gasteiger partial charge in [-0.05, 0) is 49.1 Å². The van der Waals surface area contributed by atoms with Gasteiger partial charge >= 0.3 is 6.03 Å². The van der Waals surface area contributed by atoms with Gasteiger partial charge < -0.3 is 20.9 Å². The van der Waals surface area contributed by atoms with Crippen molar-refractivity contribution >= 4 is 40.8 Å². The molecule has 0 bridgehead atoms. The van der Waals surface area contributed by atoms with E-state index in [0.29, 0.717) is 43.1 Å². The van der Waals surface area contributed by atoms with Crippen LogP contribution in [0.2, 0.25) is 5.02 Å². The van der Waals surface area contributed by atoms with Crippen molar-refractivity contribution in [2.45, 2.75) is 43.8 Å². The lowest BCUT2D eigenvalue weighted by Gasteiger charge is -2.37. The van der Waals surface area contributed by atoms with Crippen LogP contribution in [0.15, 0.2) is 48.5 Å². The van der Waals surface area contributed by atoms with Crippen LogP contribution in [0, 0.1) is 0 Å². The molecule has 2 saturated heterocycles. The van der Waals surface area contributed by atoms with Crippen LogP contribution in [0.5, 0.6) is 0 Å². The standard InChI is InChI=1S/C25H28ClN5O3/c26-17-5-3-6-18(12-17)28-25(34)29-19-13-22-24(33)27-14-20(31(22)15-19)8-9-23(32)30-11-10-16-4-1-2-7-21(16)30/h1-7,12,19-20,22H,8-11,13-15H2,(H,27,33)(H2,28,29,34)/t19-,20+,22-/m0/s1. The molecule has 8 nitrogen and oxygen atoms in total. The molecule has 3 heterocycles. The molecular formula is C25H28ClN5O3. The summed E-state index contributed by atoms with van der Waals surface area (Å²) in [4.78, 5) is 42.0. The van der Waals surface area contributed by atoms with E-state index in [1.807, 2.05) is 23.1 Å². The van der Waals surface area contributed by atoms with E-state index in [-0.39, 0.29) is 36.0 Å². The smallest absolute Gasteiger partial charge is 0.319 e. The zero-order chi connectivity index (χ0) is 23.7. The monoisotopic (exact) mass is 481 g/mol. The summed E-state index contributed by atoms with van der Waals surface area (Å²) in [5.41, 5.74) is 2.84. The van der Waals surface area contributed by atoms with E-state index in [0.717, 1.165) is 18.7 Å². The van der Waals surface area contributed by atoms with Crippen LogP contribution < -0.4 is 20.9 Å². The van der Waals surface area contributed by atoms with Crippen molar-refractivity contribution in [3.05, 3.63) is 59.1 Å². The topological polar surface area (TPSA) is 93.8 Å². The number of hydrogen-bond donors (Lipinski definition) is 3. The Morgan fingerprint density at radius 1 is 1.15 bits per heavy atom. The van der Waals surface area contributed by atoms with Crippen LogP contribution in [0.1, 0.15) is 24.8 Å². The maximum Gasteiger partial charge on any atom is 0.319 e. The van der Waals surface area contributed by atoms with E-state index < -0.39 is 0 Å². The Bertz CT molecular complexity index is 1110. The molecule has 0 aliphatic carbocycles. The number of halogens is 1. The molecule has 34 heavy (non-hydrogen) atoms. The summed E-state index contributed by atoms with van der Waals surface area (Å²) in [5, 5.41) is 9.29. The van der Waals surface area contributed by atoms with E-state index in [2.05, 4.69) is 26.9 Å². The highest BCUT2D eigenvalue weighted by atomic mass is 35.5. The average molecular weight is 482 g/mol. The van der Waals surface area contributed by atoms with Crippen molar-refractivity contribution < 1.29 is 14.4 Å². The van der Waals surface area contributed by atoms with Crippen molar-refractivity contribution in [2.24, 2.45) is 0 Å². The van der Waals surface area contributed by atoms with Crippen molar-refractivity contribution in [1.82, 2.24) is 15.5 Å². The molecule has 5 rings (SSSR count). The van der Waals surface area contributed by atoms with Crippen LogP contribution in [-0.2, 0) is 16.0 Å². The molecule has 0 saturated carbocycles. The van der Waals surface area contributed by atoms with Gasteiger partial charge in [0.05, 0.1) is 6.04 Å². The molecule has 4 amide bonds. The van der Waals surface area contributed by atoms with Gasteiger partial charge in [-0.25, -0.2) is 4.79 Å². The molecule has 9 heteroatoms. The Morgan fingerprint density at radius 2 is 2.00 bits per heavy atom. The molecule has 2 aromatic rings. The molecule has 2 fully saturated rings. The predicted molar refractivity (Wildman–Crippen MR) is 131 cm³/mol. The van der Waals surface area contributed by atoms with Gasteiger partial charge in [-0.15, -0.1) is 0 Å². The molecule has 178 valence electrons. The van der Waals surface area contributed by atoms with Crippen molar-refractivity contribution in [3.8, 4) is 0 Å². The fraction of sp³-hybridized carbons (Fsp3) is 0.400. The highest BCUT2D eigenvalue weighted by Crippen LogP contribution is 2.30. The van der Waals surface area contributed by atoms with Gasteiger partial charge in [0.1, 0.15) is 0 Å². The fourth-order valence-corrected chi connectivity index (χ4v) is 5.48. The summed E-state index contributed by atoms with van der Waals surface area (Å²) in [6, 6.07) is 14.3. The summed E-state index contributed by atoms with van der Waals surface area (Å²) in [5.74, 6) is 0.101. The van der Waals surface area contributed by atoms with E-state index in [1.165, 1.54) is 5.56 Å². The zero-order valence-corrected chi connectivity index (χ0v) is 19.6. The van der Waals surface area contributed by atoms with Gasteiger partial charge in [0.25, 0.3) is 0 Å². The van der Waals surface area contributed by atoms with Crippen LogP contribution >= 0.6 is 11.6 Å². The normalized spacial score (nSPS) is 23.7. The first kappa shape index (κ1) is 22.7. The number of amides is 4. The van der Waals surface area contributed by atoms with Crippen molar-refractivity contribution in [2.75, 3.05) is 29.9 Å². The summed E-state index contributed by atoms with van der Waals surface area (Å²) >= 11 is 5.98. The molecule has 3 aliphatic rings. The lowest BCUT2D eigenvalue weighted by Crippen LogP contribution is -2.58. The molecule has 0 radical (unpaired) electrons. The second-order valence-corrected chi connectivity index (χ2v) is 9.55. The predicted octanol–water partition coefficient (Wildman–Crippen LogP) is 2.77. The fourth-order valence-electron chi connectivity index (χ4n) is 5.29. The summed E-state index contributed by atoms with van der Waals surface area (Å²) in [6.45, 7) is 1.81. The zero-order valence-electron chi connectivity index (χ0n) is 18.8. The van der Waals surface area contributed by atoms with Gasteiger partial charge in [0.2, 0.25) is 11.8 Å². The third-order valence-corrected chi connectivity index (χ3v) is 7.16. The Morgan fingerprint density at radius 3 is 2.85 bits per heavy atom. The minimum atomic E-state index is -0.327. The van der Waals surface area contributed by atoms with Gasteiger partial charge in [-0.1, -0.05) is 35.9 Å². The van der Waals surface area contributed by atoms with Gasteiger partial charge in [0, 0.05) is 54.5 Å². The minimum absolute atomic E-state index is 0.0180. The van der Waals surface area contributed by atoms with Crippen molar-refractivity contribution in [1.29, 1.82) is 0 Å². The number of anilines is 2. The van der Waals surface area contributed by atoms with Crippen LogP contribution in [0.3, 0.4) is 0 Å². The number of urea groups is 1. The lowest BCUT2D eigenvalue weighted by atomic mass is 10.0. The molecule has 3 atom stereocenters. The molecule has 3 aliphatic heterocycles. The van der Waals surface area contributed by atoms with Crippen LogP contribution in [0.4, 0.5) is 16.2 Å². The highest BCUT2D eigenvalue weighted by Gasteiger charge is 2.44. The third-order valence-electron chi connectivity index (χ3n) is 6.92. The van der Waals surface area contributed by atoms with E-state index in [9.17, 15) is 14.4 Å². The summed E-state index contributed by atoms with van der Waals surface area (Å²) in [7, 11) is 0. The van der Waals surface area contributed by atoms with E-state index >= 15 is 0 Å². The van der Waals surface area contributed by atoms with Gasteiger partial charge in [-0.3, -0.25) is 14.5 Å². The summed E-state index contributed by atoms with van der Waals surface area (Å²) < 4.78 is 0. The molecular weight excluding hydrogens is 454 g/mol. The van der Waals surface area contributed by atoms with E-state index in [4.69, 9.17) is 11.6 Å². The van der Waals surface area contributed by atoms with Crippen LogP contribution in [0.25, 0.3) is 0 Å². The van der Waals surface area contributed by atoms with Crippen molar-refractivity contribution in [3.63, 3.8) is 0 Å². The molecule has 0 aromatic heterocycles. The second kappa shape index (κ2) is 9.64. The Balaban J connectivity index is 1.17. The van der Waals surface area contributed by atoms with Gasteiger partial charge in [-0.2, -0.15) is 0 Å². The first-order valence-corrected chi connectivity index (χ1v) is 12.1. The van der Waals surface area contributed by atoms with Crippen LogP contribution in [-0.4, -0.2) is 60.5 Å². The van der Waals surface area contributed by atoms with Gasteiger partial charge in [0.15, 0.2) is 0 Å². The number of rotatable bonds is 5. The maximum absolute atomic E-state index is 13.0. The average Bonchev–Trinajstić information content (AvgIpc) is 3.43. The molecule has 3 N–H and O–H groups in total.